The predicted molar refractivity (Wildman–Crippen MR) is 288 cm³/mol. The summed E-state index contributed by atoms with van der Waals surface area (Å²) in [6, 6.07) is 0. The SMILES string of the molecule is CC/C=C\C/C=C\C/C=C\CCCCCC(=O)OC(COC(=O)CCCCCCCCCCC/C=C\C/C=C\CCCCC)COP(=O)(O)OCC(CO)OC(=O)CCCCCCCCCCCCC. The molecule has 0 fully saturated rings. The number of ether oxygens (including phenoxy) is 3. The molecule has 0 spiro atoms. The summed E-state index contributed by atoms with van der Waals surface area (Å²) in [5, 5.41) is 9.78. The Morgan fingerprint density at radius 3 is 1.19 bits per heavy atom. The Hall–Kier alpha value is -2.82. The number of rotatable bonds is 52. The lowest BCUT2D eigenvalue weighted by molar-refractivity contribution is -0.161. The molecule has 0 rings (SSSR count). The summed E-state index contributed by atoms with van der Waals surface area (Å²) >= 11 is 0. The van der Waals surface area contributed by atoms with Crippen LogP contribution in [-0.4, -0.2) is 66.5 Å². The minimum atomic E-state index is -4.75. The number of unbranched alkanes of at least 4 members (excludes halogenated alkanes) is 25. The van der Waals surface area contributed by atoms with Crippen molar-refractivity contribution < 1.29 is 52.2 Å². The molecule has 0 aromatic carbocycles. The van der Waals surface area contributed by atoms with Gasteiger partial charge >= 0.3 is 25.7 Å². The number of aliphatic hydroxyl groups excluding tert-OH is 1. The van der Waals surface area contributed by atoms with Crippen LogP contribution < -0.4 is 0 Å². The van der Waals surface area contributed by atoms with Crippen LogP contribution in [0.2, 0.25) is 0 Å². The summed E-state index contributed by atoms with van der Waals surface area (Å²) in [7, 11) is -4.75. The van der Waals surface area contributed by atoms with Crippen LogP contribution in [0.5, 0.6) is 0 Å². The molecule has 0 aliphatic heterocycles. The van der Waals surface area contributed by atoms with Gasteiger partial charge in [0, 0.05) is 19.3 Å². The topological polar surface area (TPSA) is 155 Å². The molecule has 0 saturated carbocycles. The highest BCUT2D eigenvalue weighted by Crippen LogP contribution is 2.43. The van der Waals surface area contributed by atoms with Crippen molar-refractivity contribution in [2.24, 2.45) is 0 Å². The van der Waals surface area contributed by atoms with E-state index in [0.29, 0.717) is 19.3 Å². The first kappa shape index (κ1) is 67.2. The second-order valence-electron chi connectivity index (χ2n) is 18.7. The Balaban J connectivity index is 4.72. The van der Waals surface area contributed by atoms with E-state index in [9.17, 15) is 28.9 Å². The summed E-state index contributed by atoms with van der Waals surface area (Å²) in [6.45, 7) is 4.47. The highest BCUT2D eigenvalue weighted by molar-refractivity contribution is 7.47. The smallest absolute Gasteiger partial charge is 0.462 e. The highest BCUT2D eigenvalue weighted by Gasteiger charge is 2.28. The summed E-state index contributed by atoms with van der Waals surface area (Å²) in [5.74, 6) is -1.50. The molecule has 0 bridgehead atoms. The maximum absolute atomic E-state index is 12.9. The van der Waals surface area contributed by atoms with Gasteiger partial charge in [0.2, 0.25) is 0 Å². The van der Waals surface area contributed by atoms with Crippen LogP contribution in [0, 0.1) is 0 Å². The molecule has 11 nitrogen and oxygen atoms in total. The first-order chi connectivity index (χ1) is 34.2. The number of phosphoric acid groups is 1. The molecule has 0 heterocycles. The zero-order chi connectivity index (χ0) is 51.3. The van der Waals surface area contributed by atoms with E-state index >= 15 is 0 Å². The first-order valence-electron chi connectivity index (χ1n) is 28.2. The van der Waals surface area contributed by atoms with Gasteiger partial charge in [-0.3, -0.25) is 23.4 Å². The fraction of sp³-hybridized carbons (Fsp3) is 0.776. The number of hydrogen-bond donors (Lipinski definition) is 2. The van der Waals surface area contributed by atoms with Gasteiger partial charge in [-0.05, 0) is 83.5 Å². The van der Waals surface area contributed by atoms with Gasteiger partial charge in [0.05, 0.1) is 19.8 Å². The first-order valence-corrected chi connectivity index (χ1v) is 29.7. The molecule has 0 saturated heterocycles. The Morgan fingerprint density at radius 1 is 0.414 bits per heavy atom. The van der Waals surface area contributed by atoms with E-state index in [1.807, 2.05) is 0 Å². The van der Waals surface area contributed by atoms with Crippen molar-refractivity contribution in [2.45, 2.75) is 264 Å². The Morgan fingerprint density at radius 2 is 0.743 bits per heavy atom. The highest BCUT2D eigenvalue weighted by atomic mass is 31.2. The van der Waals surface area contributed by atoms with Gasteiger partial charge in [0.1, 0.15) is 12.7 Å². The van der Waals surface area contributed by atoms with Crippen LogP contribution >= 0.6 is 7.82 Å². The van der Waals surface area contributed by atoms with Gasteiger partial charge < -0.3 is 24.2 Å². The van der Waals surface area contributed by atoms with Crippen molar-refractivity contribution in [3.8, 4) is 0 Å². The van der Waals surface area contributed by atoms with Crippen LogP contribution in [-0.2, 0) is 42.2 Å². The maximum Gasteiger partial charge on any atom is 0.472 e. The van der Waals surface area contributed by atoms with E-state index in [2.05, 4.69) is 81.5 Å². The third kappa shape index (κ3) is 50.1. The summed E-state index contributed by atoms with van der Waals surface area (Å²) in [4.78, 5) is 48.4. The average molecular weight is 1010 g/mol. The van der Waals surface area contributed by atoms with E-state index in [-0.39, 0.29) is 25.9 Å². The number of phosphoric ester groups is 1. The van der Waals surface area contributed by atoms with Crippen LogP contribution in [0.4, 0.5) is 0 Å². The lowest BCUT2D eigenvalue weighted by Crippen LogP contribution is -2.30. The third-order valence-electron chi connectivity index (χ3n) is 11.9. The van der Waals surface area contributed by atoms with Crippen LogP contribution in [0.3, 0.4) is 0 Å². The second-order valence-corrected chi connectivity index (χ2v) is 20.2. The summed E-state index contributed by atoms with van der Waals surface area (Å²) in [6.07, 6.45) is 56.2. The predicted octanol–water partition coefficient (Wildman–Crippen LogP) is 16.4. The standard InChI is InChI=1S/C58H103O11P/c1-4-7-10-13-16-19-22-24-25-26-27-28-29-31-33-35-38-41-44-47-56(60)65-51-55(69-58(62)49-46-43-40-37-34-30-23-20-17-14-11-8-5-2)53-67-70(63,64)66-52-54(50-59)68-57(61)48-45-42-39-36-32-21-18-15-12-9-6-3/h8,11,16-17,19-20,24-25,30,34,54-55,59H,4-7,9-10,12-15,18,21-23,26-29,31-33,35-53H2,1-3H3,(H,63,64)/b11-8-,19-16-,20-17-,25-24-,34-30-. The van der Waals surface area contributed by atoms with Crippen molar-refractivity contribution in [3.05, 3.63) is 60.8 Å². The van der Waals surface area contributed by atoms with Gasteiger partial charge in [0.25, 0.3) is 0 Å². The fourth-order valence-electron chi connectivity index (χ4n) is 7.64. The van der Waals surface area contributed by atoms with Crippen LogP contribution in [0.15, 0.2) is 60.8 Å². The molecule has 0 aliphatic rings. The monoisotopic (exact) mass is 1010 g/mol. The summed E-state index contributed by atoms with van der Waals surface area (Å²) < 4.78 is 39.4. The molecule has 0 radical (unpaired) electrons. The second kappa shape index (κ2) is 52.5. The van der Waals surface area contributed by atoms with Gasteiger partial charge in [-0.1, -0.05) is 210 Å². The lowest BCUT2D eigenvalue weighted by atomic mass is 10.1. The number of carbonyl (C=O) groups is 3. The molecule has 0 amide bonds. The maximum atomic E-state index is 12.9. The van der Waals surface area contributed by atoms with Gasteiger partial charge in [-0.25, -0.2) is 4.57 Å². The van der Waals surface area contributed by atoms with E-state index in [1.165, 1.54) is 103 Å². The number of esters is 3. The zero-order valence-electron chi connectivity index (χ0n) is 44.7. The molecule has 70 heavy (non-hydrogen) atoms. The molecule has 2 N–H and O–H groups in total. The van der Waals surface area contributed by atoms with E-state index in [1.54, 1.807) is 0 Å². The molecule has 0 aliphatic carbocycles. The van der Waals surface area contributed by atoms with Gasteiger partial charge in [-0.15, -0.1) is 0 Å². The Labute approximate surface area is 427 Å². The third-order valence-corrected chi connectivity index (χ3v) is 12.9. The van der Waals surface area contributed by atoms with Crippen molar-refractivity contribution >= 4 is 25.7 Å². The number of hydrogen-bond acceptors (Lipinski definition) is 10. The molecule has 406 valence electrons. The van der Waals surface area contributed by atoms with Gasteiger partial charge in [0.15, 0.2) is 6.10 Å². The zero-order valence-corrected chi connectivity index (χ0v) is 45.6. The van der Waals surface area contributed by atoms with Crippen molar-refractivity contribution in [2.75, 3.05) is 26.4 Å². The van der Waals surface area contributed by atoms with E-state index in [4.69, 9.17) is 23.3 Å². The van der Waals surface area contributed by atoms with Crippen molar-refractivity contribution in [3.63, 3.8) is 0 Å². The molecular formula is C58H103O11P. The Kier molecular flexibility index (Phi) is 50.4. The molecular weight excluding hydrogens is 904 g/mol. The van der Waals surface area contributed by atoms with E-state index < -0.39 is 57.8 Å². The molecule has 3 unspecified atom stereocenters. The Bertz CT molecular complexity index is 1410. The molecule has 12 heteroatoms. The van der Waals surface area contributed by atoms with Crippen molar-refractivity contribution in [1.82, 2.24) is 0 Å². The summed E-state index contributed by atoms with van der Waals surface area (Å²) in [5.41, 5.74) is 0. The molecule has 3 atom stereocenters. The fourth-order valence-corrected chi connectivity index (χ4v) is 8.42. The van der Waals surface area contributed by atoms with Gasteiger partial charge in [-0.2, -0.15) is 0 Å². The minimum Gasteiger partial charge on any atom is -0.462 e. The lowest BCUT2D eigenvalue weighted by Gasteiger charge is -2.21. The quantitative estimate of drug-likeness (QED) is 0.0197. The number of allylic oxidation sites excluding steroid dienone is 10. The number of aliphatic hydroxyl groups is 1. The largest absolute Gasteiger partial charge is 0.472 e. The molecule has 0 aromatic heterocycles. The minimum absolute atomic E-state index is 0.132. The normalized spacial score (nSPS) is 13.8. The van der Waals surface area contributed by atoms with E-state index in [0.717, 1.165) is 89.9 Å². The molecule has 0 aromatic rings. The number of carbonyl (C=O) groups excluding carboxylic acids is 3. The van der Waals surface area contributed by atoms with Crippen molar-refractivity contribution in [1.29, 1.82) is 0 Å². The van der Waals surface area contributed by atoms with Crippen LogP contribution in [0.1, 0.15) is 252 Å². The average Bonchev–Trinajstić information content (AvgIpc) is 3.35. The van der Waals surface area contributed by atoms with Crippen LogP contribution in [0.25, 0.3) is 0 Å².